The SMILES string of the molecule is N=C1CC=C2C=NN=C2N1. The fraction of sp³-hybridized carbons (Fsp3) is 0.167. The Kier molecular flexibility index (Phi) is 0.943. The summed E-state index contributed by atoms with van der Waals surface area (Å²) < 4.78 is 0. The second-order valence-corrected chi connectivity index (χ2v) is 2.16. The summed E-state index contributed by atoms with van der Waals surface area (Å²) in [4.78, 5) is 0. The zero-order valence-corrected chi connectivity index (χ0v) is 5.26. The Morgan fingerprint density at radius 1 is 1.60 bits per heavy atom. The van der Waals surface area contributed by atoms with Crippen molar-refractivity contribution >= 4 is 17.9 Å². The fourth-order valence-electron chi connectivity index (χ4n) is 0.920. The summed E-state index contributed by atoms with van der Waals surface area (Å²) in [6, 6.07) is 0. The van der Waals surface area contributed by atoms with Gasteiger partial charge in [0.25, 0.3) is 0 Å². The molecule has 2 N–H and O–H groups in total. The van der Waals surface area contributed by atoms with Crippen LogP contribution in [0.1, 0.15) is 6.42 Å². The minimum Gasteiger partial charge on any atom is -0.327 e. The molecule has 0 spiro atoms. The molecule has 2 rings (SSSR count). The van der Waals surface area contributed by atoms with E-state index >= 15 is 0 Å². The van der Waals surface area contributed by atoms with Crippen molar-refractivity contribution in [2.24, 2.45) is 10.2 Å². The van der Waals surface area contributed by atoms with Gasteiger partial charge in [-0.1, -0.05) is 6.08 Å². The molecule has 2 aliphatic rings. The summed E-state index contributed by atoms with van der Waals surface area (Å²) in [5.74, 6) is 1.18. The van der Waals surface area contributed by atoms with E-state index in [1.165, 1.54) is 0 Å². The topological polar surface area (TPSA) is 60.6 Å². The van der Waals surface area contributed by atoms with Crippen LogP contribution in [-0.2, 0) is 0 Å². The van der Waals surface area contributed by atoms with Crippen molar-refractivity contribution in [2.45, 2.75) is 6.42 Å². The molecule has 4 nitrogen and oxygen atoms in total. The Labute approximate surface area is 57.9 Å². The van der Waals surface area contributed by atoms with Gasteiger partial charge >= 0.3 is 0 Å². The molecule has 0 aromatic heterocycles. The molecule has 0 aliphatic carbocycles. The van der Waals surface area contributed by atoms with Crippen LogP contribution in [0, 0.1) is 5.41 Å². The zero-order valence-electron chi connectivity index (χ0n) is 5.26. The van der Waals surface area contributed by atoms with Gasteiger partial charge in [0, 0.05) is 12.0 Å². The summed E-state index contributed by atoms with van der Waals surface area (Å²) in [7, 11) is 0. The molecular formula is C6H6N4. The summed E-state index contributed by atoms with van der Waals surface area (Å²) in [6.45, 7) is 0. The zero-order chi connectivity index (χ0) is 6.97. The third kappa shape index (κ3) is 0.655. The Morgan fingerprint density at radius 2 is 2.50 bits per heavy atom. The van der Waals surface area contributed by atoms with Crippen LogP contribution in [0.5, 0.6) is 0 Å². The van der Waals surface area contributed by atoms with E-state index < -0.39 is 0 Å². The van der Waals surface area contributed by atoms with Gasteiger partial charge in [0.2, 0.25) is 0 Å². The Hall–Kier alpha value is -1.45. The maximum Gasteiger partial charge on any atom is 0.162 e. The normalized spacial score (nSPS) is 21.4. The van der Waals surface area contributed by atoms with Crippen LogP contribution in [0.15, 0.2) is 21.9 Å². The molecule has 4 heteroatoms. The molecule has 0 bridgehead atoms. The van der Waals surface area contributed by atoms with Gasteiger partial charge in [-0.05, 0) is 0 Å². The molecule has 0 aromatic rings. The highest BCUT2D eigenvalue weighted by atomic mass is 15.3. The molecule has 50 valence electrons. The standard InChI is InChI=1S/C6H6N4/c7-5-2-1-4-3-8-10-6(4)9-5/h1,3H,2H2,(H2,7,9,10). The first-order chi connectivity index (χ1) is 4.86. The van der Waals surface area contributed by atoms with E-state index in [0.717, 1.165) is 5.57 Å². The predicted molar refractivity (Wildman–Crippen MR) is 39.5 cm³/mol. The highest BCUT2D eigenvalue weighted by Gasteiger charge is 2.15. The smallest absolute Gasteiger partial charge is 0.162 e. The fourth-order valence-corrected chi connectivity index (χ4v) is 0.920. The average molecular weight is 134 g/mol. The van der Waals surface area contributed by atoms with Gasteiger partial charge in [-0.25, -0.2) is 0 Å². The van der Waals surface area contributed by atoms with Gasteiger partial charge in [0.15, 0.2) is 5.84 Å². The van der Waals surface area contributed by atoms with Gasteiger partial charge in [-0.15, -0.1) is 5.10 Å². The van der Waals surface area contributed by atoms with Crippen molar-refractivity contribution in [3.8, 4) is 0 Å². The lowest BCUT2D eigenvalue weighted by Gasteiger charge is -2.10. The van der Waals surface area contributed by atoms with Crippen LogP contribution in [0.2, 0.25) is 0 Å². The maximum atomic E-state index is 7.25. The lowest BCUT2D eigenvalue weighted by atomic mass is 10.1. The van der Waals surface area contributed by atoms with Crippen molar-refractivity contribution in [3.63, 3.8) is 0 Å². The van der Waals surface area contributed by atoms with Crippen molar-refractivity contribution in [1.82, 2.24) is 5.32 Å². The molecule has 0 unspecified atom stereocenters. The van der Waals surface area contributed by atoms with Crippen molar-refractivity contribution in [3.05, 3.63) is 11.6 Å². The van der Waals surface area contributed by atoms with E-state index in [1.54, 1.807) is 6.21 Å². The summed E-state index contributed by atoms with van der Waals surface area (Å²) in [5.41, 5.74) is 0.996. The Balaban J connectivity index is 2.39. The molecule has 2 heterocycles. The molecule has 0 atom stereocenters. The summed E-state index contributed by atoms with van der Waals surface area (Å²) in [5, 5.41) is 17.5. The number of amidine groups is 2. The van der Waals surface area contributed by atoms with Gasteiger partial charge in [0.05, 0.1) is 6.21 Å². The van der Waals surface area contributed by atoms with Gasteiger partial charge < -0.3 is 5.32 Å². The first-order valence-corrected chi connectivity index (χ1v) is 3.02. The minimum atomic E-state index is 0.480. The van der Waals surface area contributed by atoms with E-state index in [0.29, 0.717) is 18.1 Å². The van der Waals surface area contributed by atoms with Crippen molar-refractivity contribution in [1.29, 1.82) is 5.41 Å². The molecular weight excluding hydrogens is 128 g/mol. The van der Waals surface area contributed by atoms with Crippen LogP contribution in [-0.4, -0.2) is 17.9 Å². The quantitative estimate of drug-likeness (QED) is 0.491. The van der Waals surface area contributed by atoms with Crippen LogP contribution in [0.25, 0.3) is 0 Å². The predicted octanol–water partition coefficient (Wildman–Crippen LogP) is 0.281. The lowest BCUT2D eigenvalue weighted by Crippen LogP contribution is -2.33. The minimum absolute atomic E-state index is 0.480. The van der Waals surface area contributed by atoms with Gasteiger partial charge in [-0.2, -0.15) is 5.10 Å². The molecule has 0 aromatic carbocycles. The summed E-state index contributed by atoms with van der Waals surface area (Å²) in [6.07, 6.45) is 4.28. The van der Waals surface area contributed by atoms with Crippen molar-refractivity contribution in [2.75, 3.05) is 0 Å². The lowest BCUT2D eigenvalue weighted by molar-refractivity contribution is 1.15. The first-order valence-electron chi connectivity index (χ1n) is 3.02. The molecule has 0 amide bonds. The maximum absolute atomic E-state index is 7.25. The number of fused-ring (bicyclic) bond motifs is 1. The second-order valence-electron chi connectivity index (χ2n) is 2.16. The number of nitrogens with zero attached hydrogens (tertiary/aromatic N) is 2. The van der Waals surface area contributed by atoms with Gasteiger partial charge in [-0.3, -0.25) is 5.41 Å². The highest BCUT2D eigenvalue weighted by molar-refractivity contribution is 6.23. The van der Waals surface area contributed by atoms with E-state index in [9.17, 15) is 0 Å². The van der Waals surface area contributed by atoms with Gasteiger partial charge in [0.1, 0.15) is 5.84 Å². The number of rotatable bonds is 0. The number of nitrogens with one attached hydrogen (secondary N) is 2. The van der Waals surface area contributed by atoms with Crippen LogP contribution >= 0.6 is 0 Å². The van der Waals surface area contributed by atoms with E-state index in [1.807, 2.05) is 6.08 Å². The highest BCUT2D eigenvalue weighted by Crippen LogP contribution is 2.07. The van der Waals surface area contributed by atoms with Crippen LogP contribution < -0.4 is 5.32 Å². The third-order valence-corrected chi connectivity index (χ3v) is 1.42. The molecule has 0 radical (unpaired) electrons. The Bertz CT molecular complexity index is 271. The van der Waals surface area contributed by atoms with E-state index in [-0.39, 0.29) is 0 Å². The third-order valence-electron chi connectivity index (χ3n) is 1.42. The van der Waals surface area contributed by atoms with Crippen LogP contribution in [0.4, 0.5) is 0 Å². The second kappa shape index (κ2) is 1.76. The first kappa shape index (κ1) is 5.34. The summed E-state index contributed by atoms with van der Waals surface area (Å²) >= 11 is 0. The molecule has 10 heavy (non-hydrogen) atoms. The van der Waals surface area contributed by atoms with E-state index in [2.05, 4.69) is 15.5 Å². The number of hydrogen-bond donors (Lipinski definition) is 2. The van der Waals surface area contributed by atoms with E-state index in [4.69, 9.17) is 5.41 Å². The number of hydrogen-bond acceptors (Lipinski definition) is 3. The monoisotopic (exact) mass is 134 g/mol. The van der Waals surface area contributed by atoms with Crippen molar-refractivity contribution < 1.29 is 0 Å². The average Bonchev–Trinajstić information content (AvgIpc) is 2.33. The largest absolute Gasteiger partial charge is 0.327 e. The molecule has 0 saturated carbocycles. The molecule has 0 saturated heterocycles. The molecule has 2 aliphatic heterocycles. The van der Waals surface area contributed by atoms with Crippen LogP contribution in [0.3, 0.4) is 0 Å². The Morgan fingerprint density at radius 3 is 3.40 bits per heavy atom. The molecule has 0 fully saturated rings.